The predicted octanol–water partition coefficient (Wildman–Crippen LogP) is 3.07. The largest absolute Gasteiger partial charge is 0.465 e. The number of carbonyl (C=O) groups excluding carboxylic acids is 1. The number of thioether (sulfide) groups is 1. The van der Waals surface area contributed by atoms with E-state index in [1.54, 1.807) is 6.92 Å². The number of nitrogens with zero attached hydrogens (tertiary/aromatic N) is 2. The molecule has 0 aliphatic heterocycles. The fourth-order valence-corrected chi connectivity index (χ4v) is 1.88. The number of aromatic nitrogens is 2. The van der Waals surface area contributed by atoms with Crippen molar-refractivity contribution in [3.05, 3.63) is 16.6 Å². The Morgan fingerprint density at radius 2 is 2.25 bits per heavy atom. The van der Waals surface area contributed by atoms with E-state index in [9.17, 15) is 4.79 Å². The first-order chi connectivity index (χ1) is 7.13. The molecule has 0 fully saturated rings. The van der Waals surface area contributed by atoms with Crippen LogP contribution in [0.4, 0.5) is 0 Å². The van der Waals surface area contributed by atoms with Gasteiger partial charge in [0.1, 0.15) is 5.15 Å². The molecule has 0 aliphatic carbocycles. The average molecular weight is 283 g/mol. The first kappa shape index (κ1) is 15.5. The van der Waals surface area contributed by atoms with E-state index in [0.29, 0.717) is 11.5 Å². The van der Waals surface area contributed by atoms with E-state index in [2.05, 4.69) is 9.97 Å². The molecule has 0 atom stereocenters. The van der Waals surface area contributed by atoms with Crippen LogP contribution in [0, 0.1) is 0 Å². The molecule has 90 valence electrons. The van der Waals surface area contributed by atoms with Crippen LogP contribution in [0.15, 0.2) is 11.1 Å². The Bertz CT molecular complexity index is 363. The van der Waals surface area contributed by atoms with Crippen LogP contribution in [0.1, 0.15) is 14.4 Å². The zero-order chi connectivity index (χ0) is 11.3. The third-order valence-electron chi connectivity index (χ3n) is 1.33. The first-order valence-corrected chi connectivity index (χ1v) is 5.84. The molecule has 0 bridgehead atoms. The summed E-state index contributed by atoms with van der Waals surface area (Å²) in [6.45, 7) is 2.12. The van der Waals surface area contributed by atoms with Gasteiger partial charge in [0.05, 0.1) is 17.3 Å². The normalized spacial score (nSPS) is 9.44. The summed E-state index contributed by atoms with van der Waals surface area (Å²) in [5, 5.41) is 0.324. The number of esters is 1. The lowest BCUT2D eigenvalue weighted by Gasteiger charge is -2.02. The highest BCUT2D eigenvalue weighted by Crippen LogP contribution is 2.25. The molecule has 0 radical (unpaired) electrons. The minimum Gasteiger partial charge on any atom is -0.465 e. The van der Waals surface area contributed by atoms with Crippen molar-refractivity contribution in [3.63, 3.8) is 0 Å². The van der Waals surface area contributed by atoms with Gasteiger partial charge in [-0.2, -0.15) is 0 Å². The van der Waals surface area contributed by atoms with Gasteiger partial charge in [-0.15, -0.1) is 11.8 Å². The zero-order valence-corrected chi connectivity index (χ0v) is 10.2. The van der Waals surface area contributed by atoms with Gasteiger partial charge in [0.25, 0.3) is 0 Å². The van der Waals surface area contributed by atoms with Gasteiger partial charge in [-0.1, -0.05) is 19.0 Å². The molecule has 0 amide bonds. The molecular formula is C9H12Cl2N2O2S. The van der Waals surface area contributed by atoms with Gasteiger partial charge < -0.3 is 4.74 Å². The first-order valence-electron chi connectivity index (χ1n) is 4.10. The second kappa shape index (κ2) is 7.70. The molecule has 0 aromatic carbocycles. The second-order valence-corrected chi connectivity index (χ2v) is 4.10. The molecule has 1 heterocycles. The van der Waals surface area contributed by atoms with Crippen LogP contribution in [0.3, 0.4) is 0 Å². The number of halogens is 2. The second-order valence-electron chi connectivity index (χ2n) is 2.39. The van der Waals surface area contributed by atoms with E-state index in [0.717, 1.165) is 0 Å². The third kappa shape index (κ3) is 5.01. The summed E-state index contributed by atoms with van der Waals surface area (Å²) in [7, 11) is 0. The van der Waals surface area contributed by atoms with Crippen LogP contribution in [0.5, 0.6) is 0 Å². The highest BCUT2D eigenvalue weighted by Gasteiger charge is 2.08. The van der Waals surface area contributed by atoms with Crippen molar-refractivity contribution in [2.45, 2.75) is 19.2 Å². The Labute approximate surface area is 109 Å². The van der Waals surface area contributed by atoms with Crippen LogP contribution >= 0.6 is 35.0 Å². The van der Waals surface area contributed by atoms with Gasteiger partial charge in [0, 0.05) is 6.20 Å². The maximum Gasteiger partial charge on any atom is 0.316 e. The molecular weight excluding hydrogens is 271 g/mol. The molecule has 1 rings (SSSR count). The van der Waals surface area contributed by atoms with Crippen LogP contribution in [0.2, 0.25) is 10.4 Å². The molecule has 0 spiro atoms. The topological polar surface area (TPSA) is 52.1 Å². The van der Waals surface area contributed by atoms with E-state index in [4.69, 9.17) is 27.9 Å². The Kier molecular flexibility index (Phi) is 7.45. The van der Waals surface area contributed by atoms with Gasteiger partial charge >= 0.3 is 5.97 Å². The van der Waals surface area contributed by atoms with E-state index >= 15 is 0 Å². The van der Waals surface area contributed by atoms with Gasteiger partial charge in [-0.05, 0) is 18.5 Å². The number of ether oxygens (including phenoxy) is 1. The maximum absolute atomic E-state index is 11.0. The van der Waals surface area contributed by atoms with Crippen molar-refractivity contribution in [1.82, 2.24) is 9.97 Å². The average Bonchev–Trinajstić information content (AvgIpc) is 2.17. The number of hydrogen-bond donors (Lipinski definition) is 0. The number of hydrogen-bond acceptors (Lipinski definition) is 5. The Morgan fingerprint density at radius 3 is 2.81 bits per heavy atom. The summed E-state index contributed by atoms with van der Waals surface area (Å²) in [6.07, 6.45) is 1.47. The smallest absolute Gasteiger partial charge is 0.316 e. The summed E-state index contributed by atoms with van der Waals surface area (Å²) in [4.78, 5) is 19.2. The quantitative estimate of drug-likeness (QED) is 0.368. The standard InChI is InChI=1S/C8H8Cl2N2O2S.CH4/c1-2-14-6(13)4-15-5-3-11-8(10)12-7(5)9;/h3H,2,4H2,1H3;1H4. The fraction of sp³-hybridized carbons (Fsp3) is 0.444. The highest BCUT2D eigenvalue weighted by atomic mass is 35.5. The predicted molar refractivity (Wildman–Crippen MR) is 66.1 cm³/mol. The minimum atomic E-state index is -0.298. The van der Waals surface area contributed by atoms with Crippen molar-refractivity contribution in [1.29, 1.82) is 0 Å². The molecule has 0 N–H and O–H groups in total. The van der Waals surface area contributed by atoms with Crippen molar-refractivity contribution in [2.75, 3.05) is 12.4 Å². The van der Waals surface area contributed by atoms with Crippen molar-refractivity contribution in [2.24, 2.45) is 0 Å². The van der Waals surface area contributed by atoms with Crippen molar-refractivity contribution < 1.29 is 9.53 Å². The van der Waals surface area contributed by atoms with E-state index in [1.165, 1.54) is 18.0 Å². The van der Waals surface area contributed by atoms with Gasteiger partial charge in [-0.3, -0.25) is 4.79 Å². The van der Waals surface area contributed by atoms with Crippen LogP contribution < -0.4 is 0 Å². The molecule has 0 saturated carbocycles. The third-order valence-corrected chi connectivity index (χ3v) is 2.90. The van der Waals surface area contributed by atoms with Crippen LogP contribution in [-0.4, -0.2) is 28.3 Å². The summed E-state index contributed by atoms with van der Waals surface area (Å²) in [5.41, 5.74) is 0. The minimum absolute atomic E-state index is 0. The SMILES string of the molecule is C.CCOC(=O)CSc1cnc(Cl)nc1Cl. The maximum atomic E-state index is 11.0. The monoisotopic (exact) mass is 282 g/mol. The van der Waals surface area contributed by atoms with Crippen LogP contribution in [-0.2, 0) is 9.53 Å². The van der Waals surface area contributed by atoms with Gasteiger partial charge in [0.2, 0.25) is 5.28 Å². The molecule has 16 heavy (non-hydrogen) atoms. The number of carbonyl (C=O) groups is 1. The Hall–Kier alpha value is -0.520. The lowest BCUT2D eigenvalue weighted by atomic mass is 10.7. The molecule has 7 heteroatoms. The molecule has 1 aromatic rings. The van der Waals surface area contributed by atoms with Crippen molar-refractivity contribution >= 4 is 40.9 Å². The number of rotatable bonds is 4. The summed E-state index contributed by atoms with van der Waals surface area (Å²) < 4.78 is 4.76. The molecule has 4 nitrogen and oxygen atoms in total. The highest BCUT2D eigenvalue weighted by molar-refractivity contribution is 8.00. The lowest BCUT2D eigenvalue weighted by molar-refractivity contribution is -0.139. The van der Waals surface area contributed by atoms with Gasteiger partial charge in [0.15, 0.2) is 0 Å². The van der Waals surface area contributed by atoms with Crippen LogP contribution in [0.25, 0.3) is 0 Å². The van der Waals surface area contributed by atoms with E-state index < -0.39 is 0 Å². The molecule has 0 saturated heterocycles. The summed E-state index contributed by atoms with van der Waals surface area (Å²) >= 11 is 12.5. The summed E-state index contributed by atoms with van der Waals surface area (Å²) in [6, 6.07) is 0. The fourth-order valence-electron chi connectivity index (χ4n) is 0.766. The van der Waals surface area contributed by atoms with E-state index in [1.807, 2.05) is 0 Å². The lowest BCUT2D eigenvalue weighted by Crippen LogP contribution is -2.06. The van der Waals surface area contributed by atoms with Gasteiger partial charge in [-0.25, -0.2) is 9.97 Å². The Morgan fingerprint density at radius 1 is 1.56 bits per heavy atom. The van der Waals surface area contributed by atoms with E-state index in [-0.39, 0.29) is 29.6 Å². The molecule has 0 aliphatic rings. The molecule has 1 aromatic heterocycles. The van der Waals surface area contributed by atoms with Crippen molar-refractivity contribution in [3.8, 4) is 0 Å². The Balaban J connectivity index is 0.00000225. The zero-order valence-electron chi connectivity index (χ0n) is 7.87. The molecule has 0 unspecified atom stereocenters. The summed E-state index contributed by atoms with van der Waals surface area (Å²) in [5.74, 6) is -0.119.